The van der Waals surface area contributed by atoms with Gasteiger partial charge in [0, 0.05) is 29.7 Å². The molecule has 0 amide bonds. The first-order chi connectivity index (χ1) is 8.25. The van der Waals surface area contributed by atoms with E-state index in [4.69, 9.17) is 0 Å². The summed E-state index contributed by atoms with van der Waals surface area (Å²) in [5.41, 5.74) is 2.36. The molecule has 0 bridgehead atoms. The number of nitrogens with zero attached hydrogens (tertiary/aromatic N) is 1. The molecule has 4 nitrogen and oxygen atoms in total. The topological polar surface area (TPSA) is 55.2 Å². The first-order valence-corrected chi connectivity index (χ1v) is 6.19. The largest absolute Gasteiger partial charge is 0.384 e. The molecule has 0 atom stereocenters. The lowest BCUT2D eigenvalue weighted by molar-refractivity contribution is -0.384. The van der Waals surface area contributed by atoms with Crippen LogP contribution in [-0.2, 0) is 6.42 Å². The maximum Gasteiger partial charge on any atom is 0.269 e. The van der Waals surface area contributed by atoms with E-state index in [1.807, 2.05) is 11.4 Å². The fraction of sp³-hybridized carbons (Fsp3) is 0.167. The van der Waals surface area contributed by atoms with Gasteiger partial charge < -0.3 is 5.32 Å². The lowest BCUT2D eigenvalue weighted by Gasteiger charge is -2.03. The van der Waals surface area contributed by atoms with Gasteiger partial charge in [-0.3, -0.25) is 10.1 Å². The molecule has 1 heterocycles. The Morgan fingerprint density at radius 3 is 2.59 bits per heavy atom. The van der Waals surface area contributed by atoms with Gasteiger partial charge in [0.15, 0.2) is 0 Å². The second-order valence-electron chi connectivity index (χ2n) is 3.61. The Morgan fingerprint density at radius 2 is 2.00 bits per heavy atom. The SMILES string of the molecule is O=[N+]([O-])c1ccc(CCNc2ccsc2)cc1. The summed E-state index contributed by atoms with van der Waals surface area (Å²) in [6.45, 7) is 0.828. The van der Waals surface area contributed by atoms with Gasteiger partial charge in [-0.15, -0.1) is 0 Å². The summed E-state index contributed by atoms with van der Waals surface area (Å²) in [7, 11) is 0. The molecule has 1 aromatic carbocycles. The van der Waals surface area contributed by atoms with Gasteiger partial charge in [0.2, 0.25) is 0 Å². The second-order valence-corrected chi connectivity index (χ2v) is 4.39. The average Bonchev–Trinajstić information content (AvgIpc) is 2.83. The predicted octanol–water partition coefficient (Wildman–Crippen LogP) is 3.31. The van der Waals surface area contributed by atoms with Gasteiger partial charge >= 0.3 is 0 Å². The Balaban J connectivity index is 1.85. The molecule has 0 fully saturated rings. The van der Waals surface area contributed by atoms with Crippen LogP contribution in [0.5, 0.6) is 0 Å². The molecule has 88 valence electrons. The number of benzene rings is 1. The standard InChI is InChI=1S/C12H12N2O2S/c15-14(16)12-3-1-10(2-4-12)5-7-13-11-6-8-17-9-11/h1-4,6,8-9,13H,5,7H2. The van der Waals surface area contributed by atoms with Crippen LogP contribution in [0.25, 0.3) is 0 Å². The minimum absolute atomic E-state index is 0.138. The molecule has 0 aliphatic heterocycles. The van der Waals surface area contributed by atoms with Gasteiger partial charge in [0.1, 0.15) is 0 Å². The fourth-order valence-corrected chi connectivity index (χ4v) is 2.11. The summed E-state index contributed by atoms with van der Waals surface area (Å²) in [6.07, 6.45) is 0.855. The molecule has 1 aromatic heterocycles. The van der Waals surface area contributed by atoms with Crippen LogP contribution in [0.3, 0.4) is 0 Å². The normalized spacial score (nSPS) is 10.1. The Labute approximate surface area is 103 Å². The van der Waals surface area contributed by atoms with E-state index in [1.165, 1.54) is 0 Å². The smallest absolute Gasteiger partial charge is 0.269 e. The van der Waals surface area contributed by atoms with Crippen molar-refractivity contribution in [3.8, 4) is 0 Å². The highest BCUT2D eigenvalue weighted by Gasteiger charge is 2.03. The number of nitro benzene ring substituents is 1. The molecule has 0 spiro atoms. The first-order valence-electron chi connectivity index (χ1n) is 5.25. The van der Waals surface area contributed by atoms with Crippen molar-refractivity contribution in [1.82, 2.24) is 0 Å². The van der Waals surface area contributed by atoms with Crippen molar-refractivity contribution in [3.63, 3.8) is 0 Å². The molecule has 2 rings (SSSR count). The van der Waals surface area contributed by atoms with Gasteiger partial charge in [-0.05, 0) is 23.4 Å². The van der Waals surface area contributed by atoms with Crippen LogP contribution < -0.4 is 5.32 Å². The molecule has 1 N–H and O–H groups in total. The van der Waals surface area contributed by atoms with Crippen LogP contribution in [-0.4, -0.2) is 11.5 Å². The van der Waals surface area contributed by atoms with Gasteiger partial charge in [0.25, 0.3) is 5.69 Å². The third kappa shape index (κ3) is 3.29. The number of thiophene rings is 1. The summed E-state index contributed by atoms with van der Waals surface area (Å²) < 4.78 is 0. The number of rotatable bonds is 5. The number of hydrogen-bond acceptors (Lipinski definition) is 4. The van der Waals surface area contributed by atoms with E-state index in [2.05, 4.69) is 10.7 Å². The van der Waals surface area contributed by atoms with Gasteiger partial charge in [-0.25, -0.2) is 0 Å². The molecule has 2 aromatic rings. The Morgan fingerprint density at radius 1 is 1.24 bits per heavy atom. The summed E-state index contributed by atoms with van der Waals surface area (Å²) in [5.74, 6) is 0. The third-order valence-corrected chi connectivity index (χ3v) is 3.09. The minimum Gasteiger partial charge on any atom is -0.384 e. The zero-order chi connectivity index (χ0) is 12.1. The van der Waals surface area contributed by atoms with Crippen molar-refractivity contribution in [1.29, 1.82) is 0 Å². The number of non-ortho nitro benzene ring substituents is 1. The van der Waals surface area contributed by atoms with E-state index in [-0.39, 0.29) is 10.6 Å². The Bertz CT molecular complexity index is 480. The third-order valence-electron chi connectivity index (χ3n) is 2.41. The summed E-state index contributed by atoms with van der Waals surface area (Å²) >= 11 is 1.65. The summed E-state index contributed by atoms with van der Waals surface area (Å²) in [6, 6.07) is 8.71. The highest BCUT2D eigenvalue weighted by atomic mass is 32.1. The Hall–Kier alpha value is -1.88. The molecular formula is C12H12N2O2S. The first kappa shape index (κ1) is 11.6. The highest BCUT2D eigenvalue weighted by Crippen LogP contribution is 2.14. The summed E-state index contributed by atoms with van der Waals surface area (Å²) in [4.78, 5) is 10.1. The molecule has 0 saturated heterocycles. The van der Waals surface area contributed by atoms with Crippen LogP contribution in [0.4, 0.5) is 11.4 Å². The van der Waals surface area contributed by atoms with Crippen molar-refractivity contribution in [3.05, 3.63) is 56.8 Å². The monoisotopic (exact) mass is 248 g/mol. The predicted molar refractivity (Wildman–Crippen MR) is 69.6 cm³/mol. The lowest BCUT2D eigenvalue weighted by Crippen LogP contribution is -2.03. The molecule has 0 saturated carbocycles. The Kier molecular flexibility index (Phi) is 3.72. The van der Waals surface area contributed by atoms with Crippen LogP contribution in [0.1, 0.15) is 5.56 Å². The zero-order valence-corrected chi connectivity index (χ0v) is 9.94. The van der Waals surface area contributed by atoms with E-state index < -0.39 is 0 Å². The van der Waals surface area contributed by atoms with E-state index in [0.29, 0.717) is 0 Å². The molecule has 17 heavy (non-hydrogen) atoms. The van der Waals surface area contributed by atoms with Crippen LogP contribution in [0, 0.1) is 10.1 Å². The van der Waals surface area contributed by atoms with Crippen LogP contribution in [0.2, 0.25) is 0 Å². The van der Waals surface area contributed by atoms with Crippen LogP contribution >= 0.6 is 11.3 Å². The molecule has 0 aliphatic rings. The van der Waals surface area contributed by atoms with Crippen molar-refractivity contribution in [2.24, 2.45) is 0 Å². The molecule has 0 aliphatic carbocycles. The molecular weight excluding hydrogens is 236 g/mol. The highest BCUT2D eigenvalue weighted by molar-refractivity contribution is 7.08. The van der Waals surface area contributed by atoms with Gasteiger partial charge in [0.05, 0.1) is 4.92 Å². The fourth-order valence-electron chi connectivity index (χ4n) is 1.50. The van der Waals surface area contributed by atoms with Gasteiger partial charge in [-0.2, -0.15) is 11.3 Å². The van der Waals surface area contributed by atoms with E-state index in [1.54, 1.807) is 35.6 Å². The number of nitrogens with one attached hydrogen (secondary N) is 1. The van der Waals surface area contributed by atoms with Crippen molar-refractivity contribution in [2.45, 2.75) is 6.42 Å². The summed E-state index contributed by atoms with van der Waals surface area (Å²) in [5, 5.41) is 17.8. The maximum atomic E-state index is 10.5. The number of nitro groups is 1. The average molecular weight is 248 g/mol. The minimum atomic E-state index is -0.382. The van der Waals surface area contributed by atoms with E-state index in [9.17, 15) is 10.1 Å². The number of anilines is 1. The molecule has 0 unspecified atom stereocenters. The van der Waals surface area contributed by atoms with Crippen molar-refractivity contribution in [2.75, 3.05) is 11.9 Å². The van der Waals surface area contributed by atoms with E-state index in [0.717, 1.165) is 24.2 Å². The van der Waals surface area contributed by atoms with Crippen molar-refractivity contribution >= 4 is 22.7 Å². The van der Waals surface area contributed by atoms with E-state index >= 15 is 0 Å². The number of hydrogen-bond donors (Lipinski definition) is 1. The quantitative estimate of drug-likeness (QED) is 0.652. The molecule has 5 heteroatoms. The van der Waals surface area contributed by atoms with Gasteiger partial charge in [-0.1, -0.05) is 12.1 Å². The second kappa shape index (κ2) is 5.45. The molecule has 0 radical (unpaired) electrons. The maximum absolute atomic E-state index is 10.5. The lowest BCUT2D eigenvalue weighted by atomic mass is 10.1. The van der Waals surface area contributed by atoms with Crippen LogP contribution in [0.15, 0.2) is 41.1 Å². The van der Waals surface area contributed by atoms with Crippen molar-refractivity contribution < 1.29 is 4.92 Å². The zero-order valence-electron chi connectivity index (χ0n) is 9.13.